The Kier molecular flexibility index (Phi) is 4.72. The zero-order valence-corrected chi connectivity index (χ0v) is 9.95. The van der Waals surface area contributed by atoms with Crippen molar-refractivity contribution in [3.8, 4) is 0 Å². The van der Waals surface area contributed by atoms with Crippen LogP contribution in [-0.4, -0.2) is 30.6 Å². The minimum atomic E-state index is -4.39. The predicted molar refractivity (Wildman–Crippen MR) is 61.7 cm³/mol. The molecule has 2 N–H and O–H groups in total. The summed E-state index contributed by atoms with van der Waals surface area (Å²) in [6.07, 6.45) is -4.53. The normalized spacial score (nSPS) is 13.2. The van der Waals surface area contributed by atoms with Crippen LogP contribution in [0.4, 0.5) is 13.2 Å². The first kappa shape index (κ1) is 14.5. The highest BCUT2D eigenvalue weighted by Crippen LogP contribution is 2.18. The summed E-state index contributed by atoms with van der Waals surface area (Å²) >= 11 is 0. The first-order chi connectivity index (χ1) is 8.29. The summed E-state index contributed by atoms with van der Waals surface area (Å²) in [5.74, 6) is -0.622. The van der Waals surface area contributed by atoms with Crippen molar-refractivity contribution >= 4 is 5.91 Å². The summed E-state index contributed by atoms with van der Waals surface area (Å²) in [5, 5.41) is 0. The first-order valence-corrected chi connectivity index (χ1v) is 5.41. The number of halogens is 3. The molecule has 1 aromatic rings. The molecule has 0 aliphatic carbocycles. The number of rotatable bonds is 4. The Bertz CT molecular complexity index is 392. The Hall–Kier alpha value is -1.56. The van der Waals surface area contributed by atoms with Crippen LogP contribution >= 0.6 is 0 Å². The predicted octanol–water partition coefficient (Wildman–Crippen LogP) is 2.10. The van der Waals surface area contributed by atoms with E-state index < -0.39 is 24.7 Å². The number of hydrogen-bond donors (Lipinski definition) is 1. The SMILES string of the molecule is CN(CC(F)(F)F)C(=O)CC(N)c1ccccc1. The third-order valence-corrected chi connectivity index (χ3v) is 2.46. The molecule has 18 heavy (non-hydrogen) atoms. The number of nitrogens with two attached hydrogens (primary N) is 1. The Morgan fingerprint density at radius 3 is 2.39 bits per heavy atom. The van der Waals surface area contributed by atoms with Crippen LogP contribution in [0.1, 0.15) is 18.0 Å². The average Bonchev–Trinajstić information content (AvgIpc) is 2.27. The van der Waals surface area contributed by atoms with Crippen LogP contribution < -0.4 is 5.73 Å². The number of carbonyl (C=O) groups excluding carboxylic acids is 1. The lowest BCUT2D eigenvalue weighted by molar-refractivity contribution is -0.158. The van der Waals surface area contributed by atoms with Gasteiger partial charge in [-0.05, 0) is 5.56 Å². The standard InChI is InChI=1S/C12H15F3N2O/c1-17(8-12(13,14)15)11(18)7-10(16)9-5-3-2-4-6-9/h2-6,10H,7-8,16H2,1H3. The number of benzene rings is 1. The van der Waals surface area contributed by atoms with Crippen molar-refractivity contribution in [1.29, 1.82) is 0 Å². The fraction of sp³-hybridized carbons (Fsp3) is 0.417. The van der Waals surface area contributed by atoms with Gasteiger partial charge in [-0.15, -0.1) is 0 Å². The number of nitrogens with zero attached hydrogens (tertiary/aromatic N) is 1. The minimum Gasteiger partial charge on any atom is -0.337 e. The highest BCUT2D eigenvalue weighted by molar-refractivity contribution is 5.76. The Balaban J connectivity index is 2.55. The molecule has 1 aromatic carbocycles. The van der Waals surface area contributed by atoms with E-state index in [2.05, 4.69) is 0 Å². The molecule has 0 saturated carbocycles. The number of hydrogen-bond acceptors (Lipinski definition) is 2. The maximum absolute atomic E-state index is 12.1. The van der Waals surface area contributed by atoms with Crippen molar-refractivity contribution in [3.05, 3.63) is 35.9 Å². The highest BCUT2D eigenvalue weighted by Gasteiger charge is 2.31. The van der Waals surface area contributed by atoms with Crippen LogP contribution in [0.3, 0.4) is 0 Å². The molecule has 0 aliphatic heterocycles. The topological polar surface area (TPSA) is 46.3 Å². The summed E-state index contributed by atoms with van der Waals surface area (Å²) in [6, 6.07) is 8.21. The summed E-state index contributed by atoms with van der Waals surface area (Å²) < 4.78 is 36.3. The molecule has 0 bridgehead atoms. The molecule has 0 aromatic heterocycles. The van der Waals surface area contributed by atoms with Gasteiger partial charge < -0.3 is 10.6 Å². The van der Waals surface area contributed by atoms with E-state index in [0.29, 0.717) is 4.90 Å². The molecule has 1 atom stereocenters. The van der Waals surface area contributed by atoms with Crippen molar-refractivity contribution in [3.63, 3.8) is 0 Å². The second-order valence-corrected chi connectivity index (χ2v) is 4.09. The van der Waals surface area contributed by atoms with Gasteiger partial charge in [0.15, 0.2) is 0 Å². The van der Waals surface area contributed by atoms with E-state index in [1.807, 2.05) is 0 Å². The maximum atomic E-state index is 12.1. The zero-order chi connectivity index (χ0) is 13.8. The quantitative estimate of drug-likeness (QED) is 0.901. The molecule has 1 unspecified atom stereocenters. The molecule has 6 heteroatoms. The summed E-state index contributed by atoms with van der Waals surface area (Å²) in [6.45, 7) is -1.26. The number of alkyl halides is 3. The molecular weight excluding hydrogens is 245 g/mol. The van der Waals surface area contributed by atoms with Gasteiger partial charge in [0.1, 0.15) is 6.54 Å². The summed E-state index contributed by atoms with van der Waals surface area (Å²) in [4.78, 5) is 12.2. The lowest BCUT2D eigenvalue weighted by Gasteiger charge is -2.21. The number of amides is 1. The minimum absolute atomic E-state index is 0.142. The van der Waals surface area contributed by atoms with Gasteiger partial charge in [0.2, 0.25) is 5.91 Å². The lowest BCUT2D eigenvalue weighted by Crippen LogP contribution is -2.37. The van der Waals surface area contributed by atoms with E-state index in [1.54, 1.807) is 30.3 Å². The fourth-order valence-electron chi connectivity index (χ4n) is 1.52. The first-order valence-electron chi connectivity index (χ1n) is 5.41. The van der Waals surface area contributed by atoms with Crippen LogP contribution in [0.15, 0.2) is 30.3 Å². The van der Waals surface area contributed by atoms with Gasteiger partial charge in [-0.3, -0.25) is 4.79 Å². The van der Waals surface area contributed by atoms with Crippen molar-refractivity contribution in [1.82, 2.24) is 4.90 Å². The molecule has 0 fully saturated rings. The Morgan fingerprint density at radius 2 is 1.89 bits per heavy atom. The number of carbonyl (C=O) groups is 1. The molecule has 0 radical (unpaired) electrons. The van der Waals surface area contributed by atoms with E-state index in [1.165, 1.54) is 0 Å². The average molecular weight is 260 g/mol. The lowest BCUT2D eigenvalue weighted by atomic mass is 10.0. The molecule has 0 saturated heterocycles. The maximum Gasteiger partial charge on any atom is 0.406 e. The smallest absolute Gasteiger partial charge is 0.337 e. The van der Waals surface area contributed by atoms with Gasteiger partial charge >= 0.3 is 6.18 Å². The Labute approximate surface area is 103 Å². The second-order valence-electron chi connectivity index (χ2n) is 4.09. The monoisotopic (exact) mass is 260 g/mol. The molecule has 1 rings (SSSR count). The van der Waals surface area contributed by atoms with Gasteiger partial charge in [-0.25, -0.2) is 0 Å². The van der Waals surface area contributed by atoms with Crippen LogP contribution in [0.5, 0.6) is 0 Å². The third kappa shape index (κ3) is 4.75. The summed E-state index contributed by atoms with van der Waals surface area (Å²) in [5.41, 5.74) is 6.50. The molecule has 100 valence electrons. The van der Waals surface area contributed by atoms with Crippen molar-refractivity contribution in [2.24, 2.45) is 5.73 Å². The summed E-state index contributed by atoms with van der Waals surface area (Å²) in [7, 11) is 1.12. The van der Waals surface area contributed by atoms with Gasteiger partial charge in [0, 0.05) is 19.5 Å². The fourth-order valence-corrected chi connectivity index (χ4v) is 1.52. The second kappa shape index (κ2) is 5.86. The van der Waals surface area contributed by atoms with Gasteiger partial charge in [-0.2, -0.15) is 13.2 Å². The van der Waals surface area contributed by atoms with Crippen LogP contribution in [0.2, 0.25) is 0 Å². The molecule has 1 amide bonds. The largest absolute Gasteiger partial charge is 0.406 e. The van der Waals surface area contributed by atoms with Crippen LogP contribution in [0, 0.1) is 0 Å². The zero-order valence-electron chi connectivity index (χ0n) is 9.95. The Morgan fingerprint density at radius 1 is 1.33 bits per heavy atom. The van der Waals surface area contributed by atoms with Gasteiger partial charge in [-0.1, -0.05) is 30.3 Å². The van der Waals surface area contributed by atoms with Gasteiger partial charge in [0.05, 0.1) is 0 Å². The highest BCUT2D eigenvalue weighted by atomic mass is 19.4. The van der Waals surface area contributed by atoms with Crippen molar-refractivity contribution in [2.75, 3.05) is 13.6 Å². The van der Waals surface area contributed by atoms with Gasteiger partial charge in [0.25, 0.3) is 0 Å². The van der Waals surface area contributed by atoms with Crippen LogP contribution in [-0.2, 0) is 4.79 Å². The third-order valence-electron chi connectivity index (χ3n) is 2.46. The molecule has 0 heterocycles. The van der Waals surface area contributed by atoms with Crippen LogP contribution in [0.25, 0.3) is 0 Å². The van der Waals surface area contributed by atoms with Crippen molar-refractivity contribution < 1.29 is 18.0 Å². The van der Waals surface area contributed by atoms with E-state index in [0.717, 1.165) is 12.6 Å². The molecular formula is C12H15F3N2O. The molecule has 3 nitrogen and oxygen atoms in total. The molecule has 0 spiro atoms. The van der Waals surface area contributed by atoms with Crippen molar-refractivity contribution in [2.45, 2.75) is 18.6 Å². The van der Waals surface area contributed by atoms with E-state index in [9.17, 15) is 18.0 Å². The molecule has 0 aliphatic rings. The van der Waals surface area contributed by atoms with E-state index in [4.69, 9.17) is 5.73 Å². The van der Waals surface area contributed by atoms with E-state index in [-0.39, 0.29) is 6.42 Å². The van der Waals surface area contributed by atoms with E-state index >= 15 is 0 Å².